The Morgan fingerprint density at radius 2 is 1.91 bits per heavy atom. The molecular formula is C15H13N3O4. The molecule has 2 N–H and O–H groups in total. The third kappa shape index (κ3) is 2.78. The maximum absolute atomic E-state index is 11.6. The fourth-order valence-electron chi connectivity index (χ4n) is 1.88. The number of aromatic nitrogens is 2. The van der Waals surface area contributed by atoms with Crippen LogP contribution in [0.15, 0.2) is 57.7 Å². The van der Waals surface area contributed by atoms with E-state index < -0.39 is 5.76 Å². The van der Waals surface area contributed by atoms with E-state index in [-0.39, 0.29) is 6.08 Å². The number of methoxy groups -OCH3 is 1. The molecule has 0 aliphatic rings. The second-order valence-electron chi connectivity index (χ2n) is 4.42. The first-order valence-electron chi connectivity index (χ1n) is 6.44. The average Bonchev–Trinajstić information content (AvgIpc) is 2.89. The van der Waals surface area contributed by atoms with Crippen LogP contribution in [-0.4, -0.2) is 16.9 Å². The molecule has 3 aromatic rings. The summed E-state index contributed by atoms with van der Waals surface area (Å²) in [4.78, 5) is 11.6. The highest BCUT2D eigenvalue weighted by atomic mass is 16.6. The Balaban J connectivity index is 1.83. The van der Waals surface area contributed by atoms with Crippen molar-refractivity contribution in [1.29, 1.82) is 0 Å². The Kier molecular flexibility index (Phi) is 3.53. The van der Waals surface area contributed by atoms with Crippen LogP contribution in [0.4, 0.5) is 5.69 Å². The van der Waals surface area contributed by atoms with Crippen molar-refractivity contribution in [2.75, 3.05) is 12.8 Å². The molecule has 0 spiro atoms. The van der Waals surface area contributed by atoms with Gasteiger partial charge in [0.1, 0.15) is 11.5 Å². The lowest BCUT2D eigenvalue weighted by molar-refractivity contribution is 0.282. The van der Waals surface area contributed by atoms with Crippen LogP contribution >= 0.6 is 0 Å². The monoisotopic (exact) mass is 299 g/mol. The fourth-order valence-corrected chi connectivity index (χ4v) is 1.88. The Hall–Kier alpha value is -3.22. The lowest BCUT2D eigenvalue weighted by atomic mass is 10.3. The van der Waals surface area contributed by atoms with Crippen molar-refractivity contribution in [3.63, 3.8) is 0 Å². The molecule has 1 aromatic heterocycles. The summed E-state index contributed by atoms with van der Waals surface area (Å²) in [7, 11) is 1.37. The predicted molar refractivity (Wildman–Crippen MR) is 79.6 cm³/mol. The summed E-state index contributed by atoms with van der Waals surface area (Å²) in [5.41, 5.74) is 6.86. The number of benzene rings is 2. The van der Waals surface area contributed by atoms with Crippen molar-refractivity contribution in [2.45, 2.75) is 0 Å². The summed E-state index contributed by atoms with van der Waals surface area (Å²) in [5, 5.41) is 3.88. The SMILES string of the molecule is COc1nn(-c2ccc(Oc3cccc(N)c3)cc2)c(=O)o1. The van der Waals surface area contributed by atoms with E-state index in [2.05, 4.69) is 5.10 Å². The standard InChI is InChI=1S/C15H13N3O4/c1-20-14-17-18(15(19)22-14)11-5-7-12(8-6-11)21-13-4-2-3-10(16)9-13/h2-9H,16H2,1H3. The van der Waals surface area contributed by atoms with Crippen LogP contribution in [0, 0.1) is 0 Å². The number of hydrogen-bond donors (Lipinski definition) is 1. The van der Waals surface area contributed by atoms with Gasteiger partial charge in [0.25, 0.3) is 0 Å². The molecule has 0 aliphatic carbocycles. The lowest BCUT2D eigenvalue weighted by Gasteiger charge is -2.06. The molecule has 112 valence electrons. The number of anilines is 1. The molecule has 0 aliphatic heterocycles. The minimum atomic E-state index is -0.624. The van der Waals surface area contributed by atoms with Crippen molar-refractivity contribution in [3.8, 4) is 23.3 Å². The number of rotatable bonds is 4. The number of ether oxygens (including phenoxy) is 2. The van der Waals surface area contributed by atoms with Gasteiger partial charge in [0.15, 0.2) is 0 Å². The number of hydrogen-bond acceptors (Lipinski definition) is 6. The molecule has 0 unspecified atom stereocenters. The maximum Gasteiger partial charge on any atom is 0.444 e. The van der Waals surface area contributed by atoms with Gasteiger partial charge >= 0.3 is 11.8 Å². The fraction of sp³-hybridized carbons (Fsp3) is 0.0667. The molecule has 0 amide bonds. The molecule has 3 rings (SSSR count). The normalized spacial score (nSPS) is 10.4. The van der Waals surface area contributed by atoms with Crippen LogP contribution < -0.4 is 21.0 Å². The molecule has 0 radical (unpaired) electrons. The van der Waals surface area contributed by atoms with Crippen LogP contribution in [0.1, 0.15) is 0 Å². The summed E-state index contributed by atoms with van der Waals surface area (Å²) < 4.78 is 16.3. The van der Waals surface area contributed by atoms with E-state index in [1.807, 2.05) is 0 Å². The Labute approximate surface area is 125 Å². The molecule has 0 saturated heterocycles. The van der Waals surface area contributed by atoms with E-state index in [1.165, 1.54) is 7.11 Å². The lowest BCUT2D eigenvalue weighted by Crippen LogP contribution is -2.13. The van der Waals surface area contributed by atoms with Gasteiger partial charge in [-0.1, -0.05) is 11.2 Å². The zero-order valence-corrected chi connectivity index (χ0v) is 11.7. The molecule has 2 aromatic carbocycles. The first-order chi connectivity index (χ1) is 10.7. The van der Waals surface area contributed by atoms with E-state index in [1.54, 1.807) is 48.5 Å². The highest BCUT2D eigenvalue weighted by Crippen LogP contribution is 2.23. The average molecular weight is 299 g/mol. The van der Waals surface area contributed by atoms with Crippen LogP contribution in [0.5, 0.6) is 17.6 Å². The van der Waals surface area contributed by atoms with Gasteiger partial charge < -0.3 is 19.6 Å². The van der Waals surface area contributed by atoms with Crippen molar-refractivity contribution in [3.05, 3.63) is 59.1 Å². The van der Waals surface area contributed by atoms with Crippen LogP contribution in [0.3, 0.4) is 0 Å². The quantitative estimate of drug-likeness (QED) is 0.742. The Morgan fingerprint density at radius 1 is 1.14 bits per heavy atom. The Morgan fingerprint density at radius 3 is 2.55 bits per heavy atom. The summed E-state index contributed by atoms with van der Waals surface area (Å²) in [6, 6.07) is 13.9. The van der Waals surface area contributed by atoms with Gasteiger partial charge in [0.05, 0.1) is 12.8 Å². The molecule has 22 heavy (non-hydrogen) atoms. The van der Waals surface area contributed by atoms with Gasteiger partial charge in [-0.15, -0.1) is 0 Å². The van der Waals surface area contributed by atoms with Gasteiger partial charge in [-0.25, -0.2) is 4.79 Å². The van der Waals surface area contributed by atoms with E-state index >= 15 is 0 Å². The molecule has 0 bridgehead atoms. The number of nitrogen functional groups attached to an aromatic ring is 1. The smallest absolute Gasteiger partial charge is 0.444 e. The molecular weight excluding hydrogens is 286 g/mol. The molecule has 7 nitrogen and oxygen atoms in total. The number of nitrogens with two attached hydrogens (primary N) is 1. The third-order valence-electron chi connectivity index (χ3n) is 2.88. The minimum absolute atomic E-state index is 0.0925. The summed E-state index contributed by atoms with van der Waals surface area (Å²) >= 11 is 0. The van der Waals surface area contributed by atoms with E-state index in [4.69, 9.17) is 19.6 Å². The molecule has 0 saturated carbocycles. The first kappa shape index (κ1) is 13.7. The van der Waals surface area contributed by atoms with Gasteiger partial charge in [-0.2, -0.15) is 4.68 Å². The van der Waals surface area contributed by atoms with Gasteiger partial charge in [0.2, 0.25) is 0 Å². The third-order valence-corrected chi connectivity index (χ3v) is 2.88. The summed E-state index contributed by atoms with van der Waals surface area (Å²) in [6.45, 7) is 0. The van der Waals surface area contributed by atoms with Crippen LogP contribution in [0.25, 0.3) is 5.69 Å². The first-order valence-corrected chi connectivity index (χ1v) is 6.44. The predicted octanol–water partition coefficient (Wildman–Crippen LogP) is 2.21. The van der Waals surface area contributed by atoms with Crippen molar-refractivity contribution < 1.29 is 13.9 Å². The molecule has 0 atom stereocenters. The van der Waals surface area contributed by atoms with Crippen molar-refractivity contribution in [2.24, 2.45) is 0 Å². The minimum Gasteiger partial charge on any atom is -0.457 e. The highest BCUT2D eigenvalue weighted by Gasteiger charge is 2.10. The zero-order chi connectivity index (χ0) is 15.5. The van der Waals surface area contributed by atoms with Gasteiger partial charge in [-0.05, 0) is 36.4 Å². The van der Waals surface area contributed by atoms with Crippen molar-refractivity contribution in [1.82, 2.24) is 9.78 Å². The van der Waals surface area contributed by atoms with E-state index in [9.17, 15) is 4.79 Å². The topological polar surface area (TPSA) is 92.5 Å². The Bertz CT molecular complexity index is 836. The second-order valence-corrected chi connectivity index (χ2v) is 4.42. The molecule has 1 heterocycles. The van der Waals surface area contributed by atoms with Gasteiger partial charge in [-0.3, -0.25) is 0 Å². The largest absolute Gasteiger partial charge is 0.457 e. The maximum atomic E-state index is 11.6. The highest BCUT2D eigenvalue weighted by molar-refractivity contribution is 5.46. The van der Waals surface area contributed by atoms with E-state index in [0.717, 1.165) is 4.68 Å². The molecule has 0 fully saturated rings. The van der Waals surface area contributed by atoms with Gasteiger partial charge in [0, 0.05) is 11.8 Å². The van der Waals surface area contributed by atoms with Crippen LogP contribution in [0.2, 0.25) is 0 Å². The molecule has 7 heteroatoms. The second kappa shape index (κ2) is 5.65. The van der Waals surface area contributed by atoms with E-state index in [0.29, 0.717) is 22.9 Å². The zero-order valence-electron chi connectivity index (χ0n) is 11.7. The number of nitrogens with zero attached hydrogens (tertiary/aromatic N) is 2. The van der Waals surface area contributed by atoms with Crippen LogP contribution in [-0.2, 0) is 0 Å². The summed E-state index contributed by atoms with van der Waals surface area (Å²) in [5.74, 6) is 0.618. The van der Waals surface area contributed by atoms with Crippen molar-refractivity contribution >= 4 is 5.69 Å². The summed E-state index contributed by atoms with van der Waals surface area (Å²) in [6.07, 6.45) is -0.0925.